The highest BCUT2D eigenvalue weighted by atomic mass is 16.5. The Hall–Kier alpha value is -1.69. The van der Waals surface area contributed by atoms with Gasteiger partial charge in [-0.1, -0.05) is 6.42 Å². The van der Waals surface area contributed by atoms with E-state index in [0.29, 0.717) is 36.6 Å². The molecule has 1 saturated carbocycles. The average molecular weight is 278 g/mol. The van der Waals surface area contributed by atoms with Crippen LogP contribution < -0.4 is 15.8 Å². The smallest absolute Gasteiger partial charge is 0.271 e. The third kappa shape index (κ3) is 3.66. The molecule has 2 rings (SSSR count). The SMILES string of the molecule is CCNC(=O)c1ccc(OCC2CCCC2CN)nn1. The first kappa shape index (κ1) is 14.7. The van der Waals surface area contributed by atoms with Gasteiger partial charge in [-0.3, -0.25) is 4.79 Å². The minimum Gasteiger partial charge on any atom is -0.476 e. The molecular weight excluding hydrogens is 256 g/mol. The third-order valence-corrected chi connectivity index (χ3v) is 3.77. The number of carbonyl (C=O) groups excluding carboxylic acids is 1. The van der Waals surface area contributed by atoms with Gasteiger partial charge in [-0.25, -0.2) is 0 Å². The molecule has 6 nitrogen and oxygen atoms in total. The van der Waals surface area contributed by atoms with E-state index in [0.717, 1.165) is 13.0 Å². The van der Waals surface area contributed by atoms with Gasteiger partial charge in [-0.15, -0.1) is 10.2 Å². The number of nitrogens with two attached hydrogens (primary N) is 1. The lowest BCUT2D eigenvalue weighted by Gasteiger charge is -2.17. The molecule has 1 heterocycles. The summed E-state index contributed by atoms with van der Waals surface area (Å²) in [6, 6.07) is 3.31. The van der Waals surface area contributed by atoms with Gasteiger partial charge in [-0.2, -0.15) is 0 Å². The summed E-state index contributed by atoms with van der Waals surface area (Å²) in [4.78, 5) is 11.5. The Morgan fingerprint density at radius 1 is 1.40 bits per heavy atom. The zero-order valence-electron chi connectivity index (χ0n) is 11.8. The maximum absolute atomic E-state index is 11.5. The lowest BCUT2D eigenvalue weighted by atomic mass is 9.97. The van der Waals surface area contributed by atoms with E-state index in [1.807, 2.05) is 6.92 Å². The summed E-state index contributed by atoms with van der Waals surface area (Å²) in [6.07, 6.45) is 3.57. The number of nitrogens with one attached hydrogen (secondary N) is 1. The molecule has 1 fully saturated rings. The lowest BCUT2D eigenvalue weighted by Crippen LogP contribution is -2.25. The van der Waals surface area contributed by atoms with E-state index < -0.39 is 0 Å². The van der Waals surface area contributed by atoms with E-state index >= 15 is 0 Å². The van der Waals surface area contributed by atoms with Crippen LogP contribution in [-0.4, -0.2) is 35.8 Å². The Morgan fingerprint density at radius 3 is 2.85 bits per heavy atom. The number of ether oxygens (including phenoxy) is 1. The standard InChI is InChI=1S/C14H22N4O2/c1-2-16-14(19)12-6-7-13(18-17-12)20-9-11-5-3-4-10(11)8-15/h6-7,10-11H,2-5,8-9,15H2,1H3,(H,16,19). The zero-order chi connectivity index (χ0) is 14.4. The summed E-state index contributed by atoms with van der Waals surface area (Å²) in [5.74, 6) is 1.30. The summed E-state index contributed by atoms with van der Waals surface area (Å²) in [5.41, 5.74) is 6.05. The maximum atomic E-state index is 11.5. The first-order chi connectivity index (χ1) is 9.74. The van der Waals surface area contributed by atoms with Crippen molar-refractivity contribution in [2.24, 2.45) is 17.6 Å². The van der Waals surface area contributed by atoms with Gasteiger partial charge in [0.2, 0.25) is 5.88 Å². The van der Waals surface area contributed by atoms with E-state index in [1.165, 1.54) is 12.8 Å². The highest BCUT2D eigenvalue weighted by molar-refractivity contribution is 5.91. The second-order valence-corrected chi connectivity index (χ2v) is 5.11. The molecule has 3 N–H and O–H groups in total. The number of hydrogen-bond acceptors (Lipinski definition) is 5. The lowest BCUT2D eigenvalue weighted by molar-refractivity contribution is 0.0949. The van der Waals surface area contributed by atoms with Crippen LogP contribution in [0.5, 0.6) is 5.88 Å². The van der Waals surface area contributed by atoms with Crippen molar-refractivity contribution < 1.29 is 9.53 Å². The van der Waals surface area contributed by atoms with Crippen LogP contribution >= 0.6 is 0 Å². The van der Waals surface area contributed by atoms with Gasteiger partial charge in [0, 0.05) is 12.6 Å². The monoisotopic (exact) mass is 278 g/mol. The molecule has 0 saturated heterocycles. The molecule has 2 atom stereocenters. The second kappa shape index (κ2) is 7.19. The largest absolute Gasteiger partial charge is 0.476 e. The molecule has 0 aliphatic heterocycles. The van der Waals surface area contributed by atoms with E-state index in [1.54, 1.807) is 12.1 Å². The van der Waals surface area contributed by atoms with Crippen molar-refractivity contribution in [2.75, 3.05) is 19.7 Å². The van der Waals surface area contributed by atoms with Crippen molar-refractivity contribution in [3.05, 3.63) is 17.8 Å². The first-order valence-corrected chi connectivity index (χ1v) is 7.19. The number of carbonyl (C=O) groups is 1. The molecule has 0 spiro atoms. The summed E-state index contributed by atoms with van der Waals surface area (Å²) in [7, 11) is 0. The van der Waals surface area contributed by atoms with Gasteiger partial charge in [0.1, 0.15) is 0 Å². The minimum atomic E-state index is -0.217. The Balaban J connectivity index is 1.86. The molecule has 6 heteroatoms. The molecular formula is C14H22N4O2. The van der Waals surface area contributed by atoms with E-state index in [9.17, 15) is 4.79 Å². The summed E-state index contributed by atoms with van der Waals surface area (Å²) in [6.45, 7) is 3.77. The Kier molecular flexibility index (Phi) is 5.29. The van der Waals surface area contributed by atoms with Crippen LogP contribution in [0.3, 0.4) is 0 Å². The fourth-order valence-corrected chi connectivity index (χ4v) is 2.61. The van der Waals surface area contributed by atoms with Crippen LogP contribution in [0, 0.1) is 11.8 Å². The van der Waals surface area contributed by atoms with Gasteiger partial charge >= 0.3 is 0 Å². The molecule has 110 valence electrons. The van der Waals surface area contributed by atoms with Crippen molar-refractivity contribution >= 4 is 5.91 Å². The number of aromatic nitrogens is 2. The van der Waals surface area contributed by atoms with Crippen molar-refractivity contribution in [3.8, 4) is 5.88 Å². The van der Waals surface area contributed by atoms with Crippen LogP contribution in [0.4, 0.5) is 0 Å². The molecule has 1 aromatic rings. The van der Waals surface area contributed by atoms with Crippen LogP contribution in [0.15, 0.2) is 12.1 Å². The van der Waals surface area contributed by atoms with Gasteiger partial charge in [-0.05, 0) is 44.2 Å². The van der Waals surface area contributed by atoms with Crippen molar-refractivity contribution in [1.82, 2.24) is 15.5 Å². The fourth-order valence-electron chi connectivity index (χ4n) is 2.61. The topological polar surface area (TPSA) is 90.1 Å². The van der Waals surface area contributed by atoms with Crippen LogP contribution in [0.25, 0.3) is 0 Å². The van der Waals surface area contributed by atoms with Crippen molar-refractivity contribution in [1.29, 1.82) is 0 Å². The Morgan fingerprint density at radius 2 is 2.20 bits per heavy atom. The normalized spacial score (nSPS) is 21.7. The molecule has 2 unspecified atom stereocenters. The average Bonchev–Trinajstić information content (AvgIpc) is 2.93. The number of hydrogen-bond donors (Lipinski definition) is 2. The number of rotatable bonds is 6. The number of nitrogens with zero attached hydrogens (tertiary/aromatic N) is 2. The molecule has 20 heavy (non-hydrogen) atoms. The van der Waals surface area contributed by atoms with Crippen molar-refractivity contribution in [3.63, 3.8) is 0 Å². The van der Waals surface area contributed by atoms with Gasteiger partial charge in [0.25, 0.3) is 5.91 Å². The molecule has 1 aromatic heterocycles. The minimum absolute atomic E-state index is 0.217. The highest BCUT2D eigenvalue weighted by Gasteiger charge is 2.26. The quantitative estimate of drug-likeness (QED) is 0.809. The zero-order valence-corrected chi connectivity index (χ0v) is 11.8. The van der Waals surface area contributed by atoms with Crippen molar-refractivity contribution in [2.45, 2.75) is 26.2 Å². The fraction of sp³-hybridized carbons (Fsp3) is 0.643. The van der Waals surface area contributed by atoms with Gasteiger partial charge < -0.3 is 15.8 Å². The maximum Gasteiger partial charge on any atom is 0.271 e. The van der Waals surface area contributed by atoms with E-state index in [2.05, 4.69) is 15.5 Å². The van der Waals surface area contributed by atoms with Crippen LogP contribution in [0.2, 0.25) is 0 Å². The highest BCUT2D eigenvalue weighted by Crippen LogP contribution is 2.31. The molecule has 0 bridgehead atoms. The molecule has 0 aromatic carbocycles. The molecule has 1 aliphatic carbocycles. The second-order valence-electron chi connectivity index (χ2n) is 5.11. The summed E-state index contributed by atoms with van der Waals surface area (Å²) >= 11 is 0. The number of amides is 1. The Bertz CT molecular complexity index is 435. The van der Waals surface area contributed by atoms with Crippen LogP contribution in [-0.2, 0) is 0 Å². The summed E-state index contributed by atoms with van der Waals surface area (Å²) < 4.78 is 5.66. The third-order valence-electron chi connectivity index (χ3n) is 3.77. The molecule has 1 amide bonds. The Labute approximate surface area is 119 Å². The van der Waals surface area contributed by atoms with E-state index in [-0.39, 0.29) is 5.91 Å². The molecule has 1 aliphatic rings. The predicted octanol–water partition coefficient (Wildman–Crippen LogP) is 0.980. The van der Waals surface area contributed by atoms with Crippen LogP contribution in [0.1, 0.15) is 36.7 Å². The van der Waals surface area contributed by atoms with Gasteiger partial charge in [0.05, 0.1) is 6.61 Å². The molecule has 0 radical (unpaired) electrons. The van der Waals surface area contributed by atoms with E-state index in [4.69, 9.17) is 10.5 Å². The predicted molar refractivity (Wildman–Crippen MR) is 75.4 cm³/mol. The van der Waals surface area contributed by atoms with Gasteiger partial charge in [0.15, 0.2) is 5.69 Å². The summed E-state index contributed by atoms with van der Waals surface area (Å²) in [5, 5.41) is 10.5. The first-order valence-electron chi connectivity index (χ1n) is 7.19.